The van der Waals surface area contributed by atoms with Crippen LogP contribution in [-0.4, -0.2) is 5.78 Å². The number of fused-ring (bicyclic) bond motifs is 3. The van der Waals surface area contributed by atoms with Crippen molar-refractivity contribution >= 4 is 5.78 Å². The van der Waals surface area contributed by atoms with Crippen molar-refractivity contribution in [1.82, 2.24) is 0 Å². The van der Waals surface area contributed by atoms with Crippen molar-refractivity contribution in [2.24, 2.45) is 11.8 Å². The van der Waals surface area contributed by atoms with Gasteiger partial charge in [0.15, 0.2) is 5.78 Å². The van der Waals surface area contributed by atoms with Gasteiger partial charge < -0.3 is 0 Å². The summed E-state index contributed by atoms with van der Waals surface area (Å²) >= 11 is 0. The molecule has 0 radical (unpaired) electrons. The van der Waals surface area contributed by atoms with E-state index in [0.717, 1.165) is 23.1 Å². The van der Waals surface area contributed by atoms with Crippen LogP contribution in [0.4, 0.5) is 0 Å². The number of carbonyl (C=O) groups is 1. The normalized spacial score (nSPS) is 27.1. The van der Waals surface area contributed by atoms with Gasteiger partial charge in [-0.25, -0.2) is 0 Å². The van der Waals surface area contributed by atoms with Crippen molar-refractivity contribution in [3.05, 3.63) is 83.0 Å². The van der Waals surface area contributed by atoms with Crippen LogP contribution in [-0.2, 0) is 6.42 Å². The molecule has 0 bridgehead atoms. The van der Waals surface area contributed by atoms with Gasteiger partial charge in [0.25, 0.3) is 0 Å². The van der Waals surface area contributed by atoms with Crippen LogP contribution in [0.15, 0.2) is 71.9 Å². The van der Waals surface area contributed by atoms with Gasteiger partial charge in [0.05, 0.1) is 0 Å². The van der Waals surface area contributed by atoms with Gasteiger partial charge in [-0.3, -0.25) is 4.79 Å². The number of hydrogen-bond donors (Lipinski definition) is 0. The van der Waals surface area contributed by atoms with Crippen molar-refractivity contribution in [2.75, 3.05) is 0 Å². The molecule has 0 amide bonds. The van der Waals surface area contributed by atoms with Gasteiger partial charge in [0, 0.05) is 23.0 Å². The molecular formula is C18H14O. The standard InChI is InChI=1S/C18H14O/c19-18-16-8-4-2-6-13(16)11-14-10-9-12-5-1-3-7-15(12)17(14)18/h1-10,12,15H,11H2. The van der Waals surface area contributed by atoms with Crippen LogP contribution in [0.1, 0.15) is 15.9 Å². The second kappa shape index (κ2) is 3.92. The Labute approximate surface area is 112 Å². The number of Topliss-reactive ketones (excluding diaryl/α,β-unsaturated/α-hetero) is 1. The average molecular weight is 246 g/mol. The van der Waals surface area contributed by atoms with Crippen molar-refractivity contribution < 1.29 is 4.79 Å². The minimum Gasteiger partial charge on any atom is -0.289 e. The smallest absolute Gasteiger partial charge is 0.190 e. The van der Waals surface area contributed by atoms with E-state index in [9.17, 15) is 4.79 Å². The quantitative estimate of drug-likeness (QED) is 0.683. The largest absolute Gasteiger partial charge is 0.289 e. The molecule has 19 heavy (non-hydrogen) atoms. The zero-order chi connectivity index (χ0) is 12.8. The Hall–Kier alpha value is -2.15. The molecular weight excluding hydrogens is 232 g/mol. The first-order chi connectivity index (χ1) is 9.34. The number of ketones is 1. The van der Waals surface area contributed by atoms with Gasteiger partial charge in [-0.15, -0.1) is 0 Å². The van der Waals surface area contributed by atoms with Crippen LogP contribution < -0.4 is 0 Å². The summed E-state index contributed by atoms with van der Waals surface area (Å²) in [5, 5.41) is 0. The lowest BCUT2D eigenvalue weighted by Crippen LogP contribution is -2.27. The SMILES string of the molecule is O=C1C2=C(C=CC3C=CC=CC23)Cc2ccccc21. The van der Waals surface area contributed by atoms with Crippen LogP contribution in [0.2, 0.25) is 0 Å². The first kappa shape index (κ1) is 10.7. The Morgan fingerprint density at radius 2 is 1.84 bits per heavy atom. The van der Waals surface area contributed by atoms with Gasteiger partial charge in [0.2, 0.25) is 0 Å². The lowest BCUT2D eigenvalue weighted by molar-refractivity contribution is 0.101. The van der Waals surface area contributed by atoms with Crippen LogP contribution in [0.25, 0.3) is 0 Å². The van der Waals surface area contributed by atoms with Crippen molar-refractivity contribution in [2.45, 2.75) is 6.42 Å². The second-order valence-corrected chi connectivity index (χ2v) is 5.33. The third-order valence-corrected chi connectivity index (χ3v) is 4.26. The summed E-state index contributed by atoms with van der Waals surface area (Å²) in [7, 11) is 0. The predicted octanol–water partition coefficient (Wildman–Crippen LogP) is 3.65. The maximum absolute atomic E-state index is 12.8. The molecule has 92 valence electrons. The van der Waals surface area contributed by atoms with Gasteiger partial charge in [-0.05, 0) is 17.6 Å². The minimum atomic E-state index is 0.219. The number of hydrogen-bond acceptors (Lipinski definition) is 1. The van der Waals surface area contributed by atoms with E-state index in [4.69, 9.17) is 0 Å². The number of benzene rings is 1. The van der Waals surface area contributed by atoms with E-state index in [1.165, 1.54) is 5.57 Å². The monoisotopic (exact) mass is 246 g/mol. The fraction of sp³-hybridized carbons (Fsp3) is 0.167. The van der Waals surface area contributed by atoms with Crippen LogP contribution in [0, 0.1) is 11.8 Å². The number of rotatable bonds is 0. The lowest BCUT2D eigenvalue weighted by atomic mass is 9.70. The van der Waals surface area contributed by atoms with E-state index in [2.05, 4.69) is 42.5 Å². The molecule has 0 aromatic heterocycles. The number of carbonyl (C=O) groups excluding carboxylic acids is 1. The zero-order valence-electron chi connectivity index (χ0n) is 10.5. The third kappa shape index (κ3) is 1.51. The Morgan fingerprint density at radius 3 is 2.79 bits per heavy atom. The average Bonchev–Trinajstić information content (AvgIpc) is 2.47. The van der Waals surface area contributed by atoms with Crippen LogP contribution in [0.3, 0.4) is 0 Å². The number of allylic oxidation sites excluding steroid dienone is 8. The summed E-state index contributed by atoms with van der Waals surface area (Å²) in [6, 6.07) is 7.98. The van der Waals surface area contributed by atoms with E-state index < -0.39 is 0 Å². The summed E-state index contributed by atoms with van der Waals surface area (Å²) in [5.41, 5.74) is 4.25. The molecule has 0 N–H and O–H groups in total. The first-order valence-electron chi connectivity index (χ1n) is 6.73. The molecule has 0 spiro atoms. The van der Waals surface area contributed by atoms with Crippen LogP contribution >= 0.6 is 0 Å². The molecule has 3 aliphatic carbocycles. The Bertz CT molecular complexity index is 685. The molecule has 2 unspecified atom stereocenters. The second-order valence-electron chi connectivity index (χ2n) is 5.33. The highest BCUT2D eigenvalue weighted by Gasteiger charge is 2.34. The molecule has 0 aliphatic heterocycles. The van der Waals surface area contributed by atoms with Crippen molar-refractivity contribution in [3.8, 4) is 0 Å². The van der Waals surface area contributed by atoms with E-state index in [-0.39, 0.29) is 11.7 Å². The van der Waals surface area contributed by atoms with E-state index >= 15 is 0 Å². The van der Waals surface area contributed by atoms with E-state index in [1.807, 2.05) is 18.2 Å². The molecule has 1 heteroatoms. The molecule has 4 rings (SSSR count). The highest BCUT2D eigenvalue weighted by molar-refractivity contribution is 6.12. The van der Waals surface area contributed by atoms with Gasteiger partial charge in [-0.2, -0.15) is 0 Å². The molecule has 0 fully saturated rings. The lowest BCUT2D eigenvalue weighted by Gasteiger charge is -2.32. The van der Waals surface area contributed by atoms with Crippen molar-refractivity contribution in [1.29, 1.82) is 0 Å². The fourth-order valence-electron chi connectivity index (χ4n) is 3.33. The summed E-state index contributed by atoms with van der Waals surface area (Å²) < 4.78 is 0. The molecule has 0 saturated heterocycles. The van der Waals surface area contributed by atoms with Gasteiger partial charge >= 0.3 is 0 Å². The highest BCUT2D eigenvalue weighted by Crippen LogP contribution is 2.40. The van der Waals surface area contributed by atoms with Crippen LogP contribution in [0.5, 0.6) is 0 Å². The predicted molar refractivity (Wildman–Crippen MR) is 75.9 cm³/mol. The Kier molecular flexibility index (Phi) is 2.22. The summed E-state index contributed by atoms with van der Waals surface area (Å²) in [5.74, 6) is 0.792. The topological polar surface area (TPSA) is 17.1 Å². The van der Waals surface area contributed by atoms with Crippen molar-refractivity contribution in [3.63, 3.8) is 0 Å². The molecule has 2 atom stereocenters. The summed E-state index contributed by atoms with van der Waals surface area (Å²) in [6.45, 7) is 0. The fourth-order valence-corrected chi connectivity index (χ4v) is 3.33. The first-order valence-corrected chi connectivity index (χ1v) is 6.73. The minimum absolute atomic E-state index is 0.219. The van der Waals surface area contributed by atoms with E-state index in [1.54, 1.807) is 0 Å². The third-order valence-electron chi connectivity index (χ3n) is 4.26. The van der Waals surface area contributed by atoms with Gasteiger partial charge in [0.1, 0.15) is 0 Å². The molecule has 3 aliphatic rings. The maximum atomic E-state index is 12.8. The maximum Gasteiger partial charge on any atom is 0.190 e. The summed E-state index contributed by atoms with van der Waals surface area (Å²) in [6.07, 6.45) is 13.7. The summed E-state index contributed by atoms with van der Waals surface area (Å²) in [4.78, 5) is 12.8. The molecule has 1 aromatic carbocycles. The zero-order valence-corrected chi connectivity index (χ0v) is 10.5. The molecule has 0 heterocycles. The van der Waals surface area contributed by atoms with Gasteiger partial charge in [-0.1, -0.05) is 60.7 Å². The molecule has 1 nitrogen and oxygen atoms in total. The van der Waals surface area contributed by atoms with E-state index in [0.29, 0.717) is 5.92 Å². The Balaban J connectivity index is 1.87. The molecule has 0 saturated carbocycles. The highest BCUT2D eigenvalue weighted by atomic mass is 16.1. The molecule has 1 aromatic rings. The Morgan fingerprint density at radius 1 is 1.00 bits per heavy atom.